The van der Waals surface area contributed by atoms with Gasteiger partial charge in [-0.15, -0.1) is 0 Å². The van der Waals surface area contributed by atoms with Gasteiger partial charge in [-0.05, 0) is 64.0 Å². The molecule has 0 radical (unpaired) electrons. The van der Waals surface area contributed by atoms with E-state index < -0.39 is 11.7 Å². The molecule has 9 heteroatoms. The van der Waals surface area contributed by atoms with Gasteiger partial charge in [-0.3, -0.25) is 4.79 Å². The molecule has 2 N–H and O–H groups in total. The lowest BCUT2D eigenvalue weighted by atomic mass is 9.97. The molecule has 0 saturated carbocycles. The summed E-state index contributed by atoms with van der Waals surface area (Å²) >= 11 is 6.32. The Balaban J connectivity index is 1.87. The van der Waals surface area contributed by atoms with E-state index in [-0.39, 0.29) is 59.5 Å². The second-order valence-electron chi connectivity index (χ2n) is 8.92. The Morgan fingerprint density at radius 1 is 1.14 bits per heavy atom. The molecule has 0 spiro atoms. The second-order valence-corrected chi connectivity index (χ2v) is 9.30. The summed E-state index contributed by atoms with van der Waals surface area (Å²) in [5.41, 5.74) is 0.403. The molecular formula is C26H33ClN2O6. The predicted molar refractivity (Wildman–Crippen MR) is 134 cm³/mol. The van der Waals surface area contributed by atoms with Crippen LogP contribution in [0.3, 0.4) is 0 Å². The minimum atomic E-state index is -0.752. The molecule has 1 aromatic carbocycles. The zero-order valence-electron chi connectivity index (χ0n) is 20.2. The molecule has 1 fully saturated rings. The maximum Gasteiger partial charge on any atom is 0.342 e. The molecule has 1 amide bonds. The number of piperidine rings is 1. The Hall–Kier alpha value is -3.00. The van der Waals surface area contributed by atoms with E-state index in [2.05, 4.69) is 5.16 Å². The Bertz CT molecular complexity index is 1010. The van der Waals surface area contributed by atoms with Crippen LogP contribution in [0.2, 0.25) is 5.02 Å². The molecule has 0 aliphatic carbocycles. The summed E-state index contributed by atoms with van der Waals surface area (Å²) in [6.45, 7) is 3.99. The van der Waals surface area contributed by atoms with Crippen LogP contribution in [-0.4, -0.2) is 58.0 Å². The van der Waals surface area contributed by atoms with Crippen LogP contribution >= 0.6 is 11.6 Å². The third-order valence-corrected chi connectivity index (χ3v) is 6.65. The summed E-state index contributed by atoms with van der Waals surface area (Å²) in [5, 5.41) is 24.6. The highest BCUT2D eigenvalue weighted by Crippen LogP contribution is 2.37. The zero-order chi connectivity index (χ0) is 25.4. The van der Waals surface area contributed by atoms with Gasteiger partial charge in [0, 0.05) is 24.6 Å². The number of benzene rings is 1. The highest BCUT2D eigenvalue weighted by Gasteiger charge is 2.29. The fourth-order valence-electron chi connectivity index (χ4n) is 4.48. The van der Waals surface area contributed by atoms with Gasteiger partial charge in [-0.1, -0.05) is 35.0 Å². The summed E-state index contributed by atoms with van der Waals surface area (Å²) in [6, 6.07) is 1.30. The minimum absolute atomic E-state index is 0.0255. The SMILES string of the molecule is CC1CCCC(C)N1C(=O)CO/N=C1\C=C\CC/C=C/CCOC(=O)c2c(O)cc(O)c(Cl)c2C1. The van der Waals surface area contributed by atoms with Crippen LogP contribution in [0, 0.1) is 0 Å². The van der Waals surface area contributed by atoms with E-state index in [0.29, 0.717) is 12.1 Å². The molecule has 0 bridgehead atoms. The van der Waals surface area contributed by atoms with Gasteiger partial charge in [-0.25, -0.2) is 4.79 Å². The molecule has 1 aromatic rings. The van der Waals surface area contributed by atoms with Gasteiger partial charge in [0.1, 0.15) is 17.1 Å². The predicted octanol–water partition coefficient (Wildman–Crippen LogP) is 4.91. The summed E-state index contributed by atoms with van der Waals surface area (Å²) < 4.78 is 5.29. The number of cyclic esters (lactones) is 1. The number of esters is 1. The first-order valence-corrected chi connectivity index (χ1v) is 12.4. The molecule has 2 heterocycles. The fraction of sp³-hybridized carbons (Fsp3) is 0.500. The van der Waals surface area contributed by atoms with Crippen LogP contribution in [0.15, 0.2) is 35.5 Å². The van der Waals surface area contributed by atoms with E-state index in [1.54, 1.807) is 6.08 Å². The molecular weight excluding hydrogens is 472 g/mol. The Morgan fingerprint density at radius 3 is 2.57 bits per heavy atom. The molecule has 0 aromatic heterocycles. The number of hydrogen-bond donors (Lipinski definition) is 2. The fourth-order valence-corrected chi connectivity index (χ4v) is 4.69. The number of allylic oxidation sites excluding steroid dienone is 3. The normalized spacial score (nSPS) is 24.7. The number of halogens is 1. The van der Waals surface area contributed by atoms with Crippen molar-refractivity contribution in [2.24, 2.45) is 5.16 Å². The number of rotatable bonds is 3. The van der Waals surface area contributed by atoms with Crippen LogP contribution in [0.25, 0.3) is 0 Å². The number of ether oxygens (including phenoxy) is 1. The molecule has 8 nitrogen and oxygen atoms in total. The average Bonchev–Trinajstić information content (AvgIpc) is 2.80. The Morgan fingerprint density at radius 2 is 1.83 bits per heavy atom. The van der Waals surface area contributed by atoms with Gasteiger partial charge in [0.25, 0.3) is 5.91 Å². The number of phenolic OH excluding ortho intramolecular Hbond substituents is 2. The number of likely N-dealkylation sites (tertiary alicyclic amines) is 1. The van der Waals surface area contributed by atoms with Crippen molar-refractivity contribution in [1.82, 2.24) is 4.90 Å². The van der Waals surface area contributed by atoms with Crippen LogP contribution in [0.4, 0.5) is 0 Å². The third-order valence-electron chi connectivity index (χ3n) is 6.23. The summed E-state index contributed by atoms with van der Waals surface area (Å²) in [7, 11) is 0. The first-order valence-electron chi connectivity index (χ1n) is 12.0. The highest BCUT2D eigenvalue weighted by atomic mass is 35.5. The largest absolute Gasteiger partial charge is 0.507 e. The lowest BCUT2D eigenvalue weighted by Gasteiger charge is -2.38. The van der Waals surface area contributed by atoms with Crippen molar-refractivity contribution in [2.75, 3.05) is 13.2 Å². The topological polar surface area (TPSA) is 109 Å². The van der Waals surface area contributed by atoms with Crippen molar-refractivity contribution >= 4 is 29.2 Å². The first-order chi connectivity index (χ1) is 16.8. The van der Waals surface area contributed by atoms with Crippen LogP contribution in [0.5, 0.6) is 11.5 Å². The van der Waals surface area contributed by atoms with E-state index in [1.165, 1.54) is 0 Å². The lowest BCUT2D eigenvalue weighted by Crippen LogP contribution is -2.48. The highest BCUT2D eigenvalue weighted by molar-refractivity contribution is 6.33. The van der Waals surface area contributed by atoms with Gasteiger partial charge in [0.15, 0.2) is 6.61 Å². The van der Waals surface area contributed by atoms with Crippen molar-refractivity contribution in [3.05, 3.63) is 46.5 Å². The Kier molecular flexibility index (Phi) is 9.60. The number of fused-ring (bicyclic) bond motifs is 1. The summed E-state index contributed by atoms with van der Waals surface area (Å²) in [6.07, 6.45) is 12.6. The number of hydrogen-bond acceptors (Lipinski definition) is 7. The minimum Gasteiger partial charge on any atom is -0.507 e. The van der Waals surface area contributed by atoms with Gasteiger partial charge in [0.05, 0.1) is 17.3 Å². The number of aromatic hydroxyl groups is 2. The molecule has 2 aliphatic rings. The van der Waals surface area contributed by atoms with Crippen molar-refractivity contribution in [3.8, 4) is 11.5 Å². The molecule has 1 saturated heterocycles. The number of carbonyl (C=O) groups is 2. The van der Waals surface area contributed by atoms with Crippen molar-refractivity contribution < 1.29 is 29.4 Å². The smallest absolute Gasteiger partial charge is 0.342 e. The van der Waals surface area contributed by atoms with Crippen LogP contribution < -0.4 is 0 Å². The molecule has 3 rings (SSSR count). The average molecular weight is 505 g/mol. The van der Waals surface area contributed by atoms with Gasteiger partial charge >= 0.3 is 5.97 Å². The molecule has 190 valence electrons. The van der Waals surface area contributed by atoms with E-state index in [4.69, 9.17) is 21.2 Å². The number of nitrogens with zero attached hydrogens (tertiary/aromatic N) is 2. The quantitative estimate of drug-likeness (QED) is 0.344. The summed E-state index contributed by atoms with van der Waals surface area (Å²) in [5.74, 6) is -1.70. The molecule has 2 unspecified atom stereocenters. The maximum atomic E-state index is 12.8. The van der Waals surface area contributed by atoms with Crippen molar-refractivity contribution in [3.63, 3.8) is 0 Å². The zero-order valence-corrected chi connectivity index (χ0v) is 21.0. The van der Waals surface area contributed by atoms with Gasteiger partial charge in [-0.2, -0.15) is 0 Å². The van der Waals surface area contributed by atoms with E-state index in [0.717, 1.165) is 38.2 Å². The van der Waals surface area contributed by atoms with E-state index in [9.17, 15) is 19.8 Å². The number of carbonyl (C=O) groups excluding carboxylic acids is 2. The number of phenols is 2. The second kappa shape index (κ2) is 12.6. The van der Waals surface area contributed by atoms with Crippen molar-refractivity contribution in [1.29, 1.82) is 0 Å². The van der Waals surface area contributed by atoms with Crippen LogP contribution in [-0.2, 0) is 20.8 Å². The summed E-state index contributed by atoms with van der Waals surface area (Å²) in [4.78, 5) is 32.8. The van der Waals surface area contributed by atoms with Gasteiger partial charge in [0.2, 0.25) is 0 Å². The maximum absolute atomic E-state index is 12.8. The first kappa shape index (κ1) is 26.6. The molecule has 2 aliphatic heterocycles. The van der Waals surface area contributed by atoms with E-state index in [1.807, 2.05) is 37.0 Å². The van der Waals surface area contributed by atoms with Crippen LogP contribution in [0.1, 0.15) is 68.3 Å². The monoisotopic (exact) mass is 504 g/mol. The molecule has 2 atom stereocenters. The van der Waals surface area contributed by atoms with Crippen molar-refractivity contribution in [2.45, 2.75) is 70.9 Å². The standard InChI is InChI=1S/C26H33ClN2O6/c1-17-10-9-11-18(2)29(17)23(32)16-35-28-19-12-7-5-3-4-6-8-13-34-26(33)24-20(14-19)25(27)22(31)15-21(24)30/h4,6-7,12,15,17-18,30-31H,3,5,8-11,13-14,16H2,1-2H3/b6-4+,12-7+,28-19+. The molecule has 35 heavy (non-hydrogen) atoms. The Labute approximate surface area is 210 Å². The number of oxime groups is 1. The number of amides is 1. The lowest BCUT2D eigenvalue weighted by molar-refractivity contribution is -0.142. The third kappa shape index (κ3) is 7.01. The van der Waals surface area contributed by atoms with E-state index >= 15 is 0 Å². The van der Waals surface area contributed by atoms with Gasteiger partial charge < -0.3 is 24.7 Å².